The molecule has 0 radical (unpaired) electrons. The molecule has 1 aliphatic carbocycles. The first-order valence-electron chi connectivity index (χ1n) is 9.11. The molecule has 8 heteroatoms. The van der Waals surface area contributed by atoms with Gasteiger partial charge in [0.25, 0.3) is 5.91 Å². The van der Waals surface area contributed by atoms with Crippen LogP contribution in [0, 0.1) is 5.92 Å². The minimum Gasteiger partial charge on any atom is -0.348 e. The van der Waals surface area contributed by atoms with Crippen molar-refractivity contribution in [3.63, 3.8) is 0 Å². The summed E-state index contributed by atoms with van der Waals surface area (Å²) in [5.74, 6) is 0.0775. The lowest BCUT2D eigenvalue weighted by Crippen LogP contribution is -2.40. The van der Waals surface area contributed by atoms with Crippen molar-refractivity contribution in [2.45, 2.75) is 49.5 Å². The molecule has 140 valence electrons. The number of nitrogens with zero attached hydrogens (tertiary/aromatic N) is 2. The second-order valence-electron chi connectivity index (χ2n) is 7.14. The summed E-state index contributed by atoms with van der Waals surface area (Å²) in [6, 6.07) is 1.57. The van der Waals surface area contributed by atoms with Crippen LogP contribution in [0.2, 0.25) is 0 Å². The summed E-state index contributed by atoms with van der Waals surface area (Å²) in [4.78, 5) is 12.8. The normalized spacial score (nSPS) is 25.2. The zero-order valence-corrected chi connectivity index (χ0v) is 15.6. The van der Waals surface area contributed by atoms with Crippen molar-refractivity contribution in [3.8, 4) is 0 Å². The number of nitrogens with one attached hydrogen (secondary N) is 1. The topological polar surface area (TPSA) is 97.4 Å². The number of piperidine rings is 1. The summed E-state index contributed by atoms with van der Waals surface area (Å²) in [5.41, 5.74) is 6.14. The van der Waals surface area contributed by atoms with Gasteiger partial charge in [-0.15, -0.1) is 0 Å². The number of carbonyl (C=O) groups excluding carboxylic acids is 1. The molecular weight excluding hydrogens is 340 g/mol. The Hall–Kier alpha value is -1.38. The third-order valence-corrected chi connectivity index (χ3v) is 7.31. The average Bonchev–Trinajstić information content (AvgIpc) is 3.22. The maximum atomic E-state index is 12.8. The largest absolute Gasteiger partial charge is 0.348 e. The molecule has 0 aromatic carbocycles. The average molecular weight is 369 g/mol. The summed E-state index contributed by atoms with van der Waals surface area (Å²) in [6.07, 6.45) is 7.41. The molecular formula is C17H28N4O3S. The van der Waals surface area contributed by atoms with E-state index in [1.165, 1.54) is 16.6 Å². The molecule has 2 heterocycles. The van der Waals surface area contributed by atoms with E-state index in [4.69, 9.17) is 5.73 Å². The van der Waals surface area contributed by atoms with Gasteiger partial charge in [0, 0.05) is 32.4 Å². The highest BCUT2D eigenvalue weighted by Crippen LogP contribution is 2.26. The molecule has 3 N–H and O–H groups in total. The SMILES string of the molecule is Cn1cc(S(=O)(=O)N2CCCCC2)cc1C(=O)NC1CCCC1CN. The molecule has 1 amide bonds. The Labute approximate surface area is 149 Å². The third-order valence-electron chi connectivity index (χ3n) is 5.44. The van der Waals surface area contributed by atoms with Gasteiger partial charge in [-0.1, -0.05) is 12.8 Å². The first-order valence-corrected chi connectivity index (χ1v) is 10.5. The summed E-state index contributed by atoms with van der Waals surface area (Å²) in [6.45, 7) is 1.67. The van der Waals surface area contributed by atoms with E-state index in [0.29, 0.717) is 31.2 Å². The number of aryl methyl sites for hydroxylation is 1. The van der Waals surface area contributed by atoms with Gasteiger partial charge in [0.2, 0.25) is 10.0 Å². The summed E-state index contributed by atoms with van der Waals surface area (Å²) in [7, 11) is -1.82. The van der Waals surface area contributed by atoms with Crippen LogP contribution in [0.3, 0.4) is 0 Å². The quantitative estimate of drug-likeness (QED) is 0.812. The predicted octanol–water partition coefficient (Wildman–Crippen LogP) is 1.06. The van der Waals surface area contributed by atoms with Crippen molar-refractivity contribution in [1.82, 2.24) is 14.2 Å². The van der Waals surface area contributed by atoms with Gasteiger partial charge in [0.05, 0.1) is 0 Å². The molecule has 7 nitrogen and oxygen atoms in total. The number of hydrogen-bond donors (Lipinski definition) is 2. The number of carbonyl (C=O) groups is 1. The second kappa shape index (κ2) is 7.47. The van der Waals surface area contributed by atoms with E-state index in [1.807, 2.05) is 0 Å². The zero-order chi connectivity index (χ0) is 18.0. The van der Waals surface area contributed by atoms with Crippen LogP contribution < -0.4 is 11.1 Å². The Bertz CT molecular complexity index is 722. The van der Waals surface area contributed by atoms with Gasteiger partial charge in [-0.2, -0.15) is 4.31 Å². The molecule has 2 fully saturated rings. The molecule has 2 unspecified atom stereocenters. The number of nitrogens with two attached hydrogens (primary N) is 1. The number of rotatable bonds is 5. The lowest BCUT2D eigenvalue weighted by Gasteiger charge is -2.25. The first kappa shape index (κ1) is 18.4. The van der Waals surface area contributed by atoms with Gasteiger partial charge in [0.15, 0.2) is 0 Å². The van der Waals surface area contributed by atoms with Crippen LogP contribution in [0.25, 0.3) is 0 Å². The van der Waals surface area contributed by atoms with E-state index in [2.05, 4.69) is 5.32 Å². The monoisotopic (exact) mass is 368 g/mol. The zero-order valence-electron chi connectivity index (χ0n) is 14.8. The van der Waals surface area contributed by atoms with E-state index in [9.17, 15) is 13.2 Å². The Morgan fingerprint density at radius 3 is 2.64 bits per heavy atom. The molecule has 25 heavy (non-hydrogen) atoms. The molecule has 1 saturated heterocycles. The highest BCUT2D eigenvalue weighted by atomic mass is 32.2. The second-order valence-corrected chi connectivity index (χ2v) is 9.08. The fourth-order valence-electron chi connectivity index (χ4n) is 3.91. The smallest absolute Gasteiger partial charge is 0.268 e. The Kier molecular flexibility index (Phi) is 5.50. The van der Waals surface area contributed by atoms with Gasteiger partial charge >= 0.3 is 0 Å². The molecule has 2 aliphatic rings. The highest BCUT2D eigenvalue weighted by Gasteiger charge is 2.31. The Morgan fingerprint density at radius 2 is 1.96 bits per heavy atom. The maximum absolute atomic E-state index is 12.8. The third kappa shape index (κ3) is 3.75. The molecule has 3 rings (SSSR count). The van der Waals surface area contributed by atoms with Crippen molar-refractivity contribution in [3.05, 3.63) is 18.0 Å². The van der Waals surface area contributed by atoms with Gasteiger partial charge < -0.3 is 15.6 Å². The maximum Gasteiger partial charge on any atom is 0.268 e. The molecule has 1 aromatic rings. The molecule has 2 atom stereocenters. The molecule has 0 bridgehead atoms. The van der Waals surface area contributed by atoms with Crippen LogP contribution in [0.5, 0.6) is 0 Å². The standard InChI is InChI=1S/C17H28N4O3S/c1-20-12-14(25(23,24)21-8-3-2-4-9-21)10-16(20)17(22)19-15-7-5-6-13(15)11-18/h10,12-13,15H,2-9,11,18H2,1H3,(H,19,22). The van der Waals surface area contributed by atoms with E-state index >= 15 is 0 Å². The predicted molar refractivity (Wildman–Crippen MR) is 95.7 cm³/mol. The minimum atomic E-state index is -3.53. The Balaban J connectivity index is 1.76. The van der Waals surface area contributed by atoms with Gasteiger partial charge in [-0.3, -0.25) is 4.79 Å². The lowest BCUT2D eigenvalue weighted by molar-refractivity contribution is 0.0920. The van der Waals surface area contributed by atoms with Crippen molar-refractivity contribution in [2.24, 2.45) is 18.7 Å². The Morgan fingerprint density at radius 1 is 1.24 bits per heavy atom. The fourth-order valence-corrected chi connectivity index (χ4v) is 5.50. The number of amides is 1. The summed E-state index contributed by atoms with van der Waals surface area (Å²) in [5, 5.41) is 3.03. The van der Waals surface area contributed by atoms with Crippen LogP contribution in [0.15, 0.2) is 17.2 Å². The van der Waals surface area contributed by atoms with Crippen LogP contribution in [0.4, 0.5) is 0 Å². The van der Waals surface area contributed by atoms with E-state index in [-0.39, 0.29) is 16.8 Å². The van der Waals surface area contributed by atoms with Crippen LogP contribution in [0.1, 0.15) is 49.0 Å². The van der Waals surface area contributed by atoms with Crippen LogP contribution >= 0.6 is 0 Å². The minimum absolute atomic E-state index is 0.0783. The van der Waals surface area contributed by atoms with Crippen LogP contribution in [-0.2, 0) is 17.1 Å². The van der Waals surface area contributed by atoms with E-state index in [0.717, 1.165) is 38.5 Å². The van der Waals surface area contributed by atoms with Gasteiger partial charge in [0.1, 0.15) is 10.6 Å². The van der Waals surface area contributed by atoms with E-state index < -0.39 is 10.0 Å². The van der Waals surface area contributed by atoms with Gasteiger partial charge in [-0.25, -0.2) is 8.42 Å². The number of hydrogen-bond acceptors (Lipinski definition) is 4. The summed E-state index contributed by atoms with van der Waals surface area (Å²) >= 11 is 0. The number of aromatic nitrogens is 1. The highest BCUT2D eigenvalue weighted by molar-refractivity contribution is 7.89. The summed E-state index contributed by atoms with van der Waals surface area (Å²) < 4.78 is 28.7. The van der Waals surface area contributed by atoms with Crippen molar-refractivity contribution in [1.29, 1.82) is 0 Å². The van der Waals surface area contributed by atoms with E-state index in [1.54, 1.807) is 11.6 Å². The first-order chi connectivity index (χ1) is 11.9. The number of sulfonamides is 1. The van der Waals surface area contributed by atoms with Crippen molar-refractivity contribution < 1.29 is 13.2 Å². The van der Waals surface area contributed by atoms with Crippen molar-refractivity contribution in [2.75, 3.05) is 19.6 Å². The van der Waals surface area contributed by atoms with Gasteiger partial charge in [-0.05, 0) is 44.2 Å². The lowest BCUT2D eigenvalue weighted by atomic mass is 10.0. The molecule has 0 spiro atoms. The molecule has 1 aliphatic heterocycles. The molecule has 1 aromatic heterocycles. The van der Waals surface area contributed by atoms with Crippen molar-refractivity contribution >= 4 is 15.9 Å². The van der Waals surface area contributed by atoms with Crippen LogP contribution in [-0.4, -0.2) is 48.9 Å². The molecule has 1 saturated carbocycles. The fraction of sp³-hybridized carbons (Fsp3) is 0.706.